The number of nitrogens with zero attached hydrogens (tertiary/aromatic N) is 1. The van der Waals surface area contributed by atoms with Crippen molar-refractivity contribution < 1.29 is 14.7 Å². The quantitative estimate of drug-likeness (QED) is 0.628. The lowest BCUT2D eigenvalue weighted by atomic mass is 9.97. The fraction of sp³-hybridized carbons (Fsp3) is 0.471. The molecule has 7 heteroatoms. The van der Waals surface area contributed by atoms with Gasteiger partial charge in [0.05, 0.1) is 15.2 Å². The van der Waals surface area contributed by atoms with Crippen LogP contribution in [0.2, 0.25) is 0 Å². The Kier molecular flexibility index (Phi) is 6.62. The minimum Gasteiger partial charge on any atom is -0.480 e. The van der Waals surface area contributed by atoms with Crippen molar-refractivity contribution >= 4 is 46.1 Å². The van der Waals surface area contributed by atoms with Crippen molar-refractivity contribution in [1.82, 2.24) is 10.3 Å². The molecule has 1 aromatic carbocycles. The number of para-hydroxylation sites is 1. The van der Waals surface area contributed by atoms with E-state index < -0.39 is 12.0 Å². The summed E-state index contributed by atoms with van der Waals surface area (Å²) < 4.78 is 1.01. The molecule has 0 fully saturated rings. The number of carbonyl (C=O) groups is 2. The average molecular weight is 367 g/mol. The average Bonchev–Trinajstić information content (AvgIpc) is 2.93. The minimum atomic E-state index is -1.05. The van der Waals surface area contributed by atoms with Gasteiger partial charge in [-0.25, -0.2) is 9.78 Å². The molecule has 0 aliphatic carbocycles. The first kappa shape index (κ1) is 18.7. The molecule has 0 unspecified atom stereocenters. The molecular weight excluding hydrogens is 344 g/mol. The van der Waals surface area contributed by atoms with Crippen LogP contribution in [0.3, 0.4) is 0 Å². The maximum absolute atomic E-state index is 12.3. The molecule has 2 rings (SSSR count). The number of nitrogens with one attached hydrogen (secondary N) is 1. The lowest BCUT2D eigenvalue weighted by Crippen LogP contribution is -2.45. The first-order valence-electron chi connectivity index (χ1n) is 7.89. The lowest BCUT2D eigenvalue weighted by molar-refractivity contribution is -0.142. The highest BCUT2D eigenvalue weighted by Crippen LogP contribution is 2.22. The molecule has 0 saturated heterocycles. The highest BCUT2D eigenvalue weighted by Gasteiger charge is 2.26. The van der Waals surface area contributed by atoms with Crippen LogP contribution in [-0.4, -0.2) is 33.8 Å². The van der Waals surface area contributed by atoms with Gasteiger partial charge in [0.15, 0.2) is 0 Å². The van der Waals surface area contributed by atoms with Gasteiger partial charge in [-0.1, -0.05) is 26.0 Å². The first-order valence-corrected chi connectivity index (χ1v) is 9.34. The number of hydrogen-bond acceptors (Lipinski definition) is 5. The number of aromatic nitrogens is 1. The van der Waals surface area contributed by atoms with Gasteiger partial charge < -0.3 is 10.4 Å². The number of fused-ring (bicyclic) bond motifs is 1. The number of carbonyl (C=O) groups excluding carboxylic acids is 1. The monoisotopic (exact) mass is 366 g/mol. The summed E-state index contributed by atoms with van der Waals surface area (Å²) in [5.74, 6) is -0.847. The van der Waals surface area contributed by atoms with Crippen LogP contribution in [0.1, 0.15) is 25.3 Å². The maximum Gasteiger partial charge on any atom is 0.326 e. The van der Waals surface area contributed by atoms with Crippen LogP contribution in [0.15, 0.2) is 24.3 Å². The lowest BCUT2D eigenvalue weighted by Gasteiger charge is -2.20. The molecule has 1 amide bonds. The van der Waals surface area contributed by atoms with Gasteiger partial charge in [0.1, 0.15) is 6.04 Å². The van der Waals surface area contributed by atoms with Crippen LogP contribution >= 0.6 is 24.0 Å². The summed E-state index contributed by atoms with van der Waals surface area (Å²) in [5, 5.41) is 12.8. The molecule has 0 bridgehead atoms. The van der Waals surface area contributed by atoms with Gasteiger partial charge in [-0.15, -0.1) is 11.3 Å². The number of hydrogen-bond donors (Lipinski definition) is 3. The van der Waals surface area contributed by atoms with Gasteiger partial charge in [-0.3, -0.25) is 4.79 Å². The molecule has 0 aliphatic rings. The molecule has 1 aromatic heterocycles. The van der Waals surface area contributed by atoms with E-state index in [1.54, 1.807) is 0 Å². The molecule has 130 valence electrons. The van der Waals surface area contributed by atoms with Crippen LogP contribution in [0.4, 0.5) is 0 Å². The second-order valence-corrected chi connectivity index (χ2v) is 7.67. The number of benzene rings is 1. The predicted molar refractivity (Wildman–Crippen MR) is 99.7 cm³/mol. The van der Waals surface area contributed by atoms with Crippen molar-refractivity contribution in [1.29, 1.82) is 0 Å². The van der Waals surface area contributed by atoms with Gasteiger partial charge in [0.25, 0.3) is 0 Å². The second kappa shape index (κ2) is 8.48. The van der Waals surface area contributed by atoms with Crippen LogP contribution in [0, 0.1) is 11.8 Å². The van der Waals surface area contributed by atoms with Crippen molar-refractivity contribution in [3.8, 4) is 0 Å². The molecule has 0 aliphatic heterocycles. The molecule has 2 aromatic rings. The number of thiazole rings is 1. The van der Waals surface area contributed by atoms with E-state index in [2.05, 4.69) is 22.9 Å². The van der Waals surface area contributed by atoms with E-state index in [1.165, 1.54) is 11.3 Å². The molecule has 1 heterocycles. The predicted octanol–water partition coefficient (Wildman–Crippen LogP) is 3.00. The van der Waals surface area contributed by atoms with E-state index in [4.69, 9.17) is 0 Å². The number of thiol groups is 1. The zero-order valence-electron chi connectivity index (χ0n) is 13.7. The number of carboxylic acids is 1. The summed E-state index contributed by atoms with van der Waals surface area (Å²) in [6.07, 6.45) is 0.865. The zero-order valence-corrected chi connectivity index (χ0v) is 15.4. The van der Waals surface area contributed by atoms with E-state index in [-0.39, 0.29) is 18.2 Å². The van der Waals surface area contributed by atoms with Crippen LogP contribution < -0.4 is 5.32 Å². The van der Waals surface area contributed by atoms with Crippen LogP contribution in [0.25, 0.3) is 10.2 Å². The van der Waals surface area contributed by atoms with Gasteiger partial charge in [-0.05, 0) is 24.5 Å². The highest BCUT2D eigenvalue weighted by atomic mass is 32.1. The number of carboxylic acid groups (broad SMARTS) is 1. The SMILES string of the molecule is CC(C)C[C@H](CS)C(=O)N[C@@H](Cc1nc2ccccc2s1)C(=O)O. The largest absolute Gasteiger partial charge is 0.480 e. The molecule has 2 atom stereocenters. The summed E-state index contributed by atoms with van der Waals surface area (Å²) in [4.78, 5) is 28.3. The Morgan fingerprint density at radius 3 is 2.62 bits per heavy atom. The smallest absolute Gasteiger partial charge is 0.326 e. The summed E-state index contributed by atoms with van der Waals surface area (Å²) in [7, 11) is 0. The Bertz CT molecular complexity index is 682. The maximum atomic E-state index is 12.3. The third-order valence-corrected chi connectivity index (χ3v) is 5.18. The van der Waals surface area contributed by atoms with Crippen LogP contribution in [-0.2, 0) is 16.0 Å². The van der Waals surface area contributed by atoms with Gasteiger partial charge >= 0.3 is 5.97 Å². The normalized spacial score (nSPS) is 13.8. The van der Waals surface area contributed by atoms with Gasteiger partial charge in [-0.2, -0.15) is 12.6 Å². The van der Waals surface area contributed by atoms with E-state index in [0.717, 1.165) is 10.2 Å². The van der Waals surface area contributed by atoms with E-state index in [1.807, 2.05) is 38.1 Å². The standard InChI is InChI=1S/C17H22N2O3S2/c1-10(2)7-11(9-23)16(20)19-13(17(21)22)8-15-18-12-5-3-4-6-14(12)24-15/h3-6,10-11,13,23H,7-9H2,1-2H3,(H,19,20)(H,21,22)/t11-,13+/m1/s1. The fourth-order valence-corrected chi connectivity index (χ4v) is 3.83. The minimum absolute atomic E-state index is 0.182. The molecule has 0 saturated carbocycles. The fourth-order valence-electron chi connectivity index (χ4n) is 2.51. The number of amides is 1. The number of aliphatic carboxylic acids is 1. The Morgan fingerprint density at radius 1 is 1.33 bits per heavy atom. The first-order chi connectivity index (χ1) is 11.4. The molecule has 0 spiro atoms. The van der Waals surface area contributed by atoms with Crippen molar-refractivity contribution in [3.05, 3.63) is 29.3 Å². The third kappa shape index (κ3) is 4.95. The Morgan fingerprint density at radius 2 is 2.04 bits per heavy atom. The molecular formula is C17H22N2O3S2. The topological polar surface area (TPSA) is 79.3 Å². The van der Waals surface area contributed by atoms with Gasteiger partial charge in [0, 0.05) is 18.1 Å². The summed E-state index contributed by atoms with van der Waals surface area (Å²) >= 11 is 5.67. The van der Waals surface area contributed by atoms with E-state index in [9.17, 15) is 14.7 Å². The molecule has 2 N–H and O–H groups in total. The van der Waals surface area contributed by atoms with Gasteiger partial charge in [0.2, 0.25) is 5.91 Å². The third-order valence-electron chi connectivity index (χ3n) is 3.68. The van der Waals surface area contributed by atoms with Crippen LogP contribution in [0.5, 0.6) is 0 Å². The van der Waals surface area contributed by atoms with Crippen molar-refractivity contribution in [3.63, 3.8) is 0 Å². The molecule has 24 heavy (non-hydrogen) atoms. The summed E-state index contributed by atoms with van der Waals surface area (Å²) in [6, 6.07) is 6.68. The van der Waals surface area contributed by atoms with Crippen molar-refractivity contribution in [2.45, 2.75) is 32.7 Å². The summed E-state index contributed by atoms with van der Waals surface area (Å²) in [5.41, 5.74) is 0.848. The summed E-state index contributed by atoms with van der Waals surface area (Å²) in [6.45, 7) is 4.05. The zero-order chi connectivity index (χ0) is 17.7. The Hall–Kier alpha value is -1.60. The van der Waals surface area contributed by atoms with E-state index >= 15 is 0 Å². The Labute approximate surface area is 150 Å². The van der Waals surface area contributed by atoms with Crippen molar-refractivity contribution in [2.24, 2.45) is 11.8 Å². The highest BCUT2D eigenvalue weighted by molar-refractivity contribution is 7.80. The number of rotatable bonds is 8. The Balaban J connectivity index is 2.08. The molecule has 5 nitrogen and oxygen atoms in total. The van der Waals surface area contributed by atoms with Crippen molar-refractivity contribution in [2.75, 3.05) is 5.75 Å². The molecule has 0 radical (unpaired) electrons. The van der Waals surface area contributed by atoms with E-state index in [0.29, 0.717) is 23.1 Å². The second-order valence-electron chi connectivity index (χ2n) is 6.19.